The minimum absolute atomic E-state index is 0.118. The van der Waals surface area contributed by atoms with Gasteiger partial charge < -0.3 is 0 Å². The molecule has 0 aromatic heterocycles. The predicted molar refractivity (Wildman–Crippen MR) is 57.1 cm³/mol. The number of hydrogen-bond donors (Lipinski definition) is 0. The van der Waals surface area contributed by atoms with E-state index in [-0.39, 0.29) is 24.9 Å². The van der Waals surface area contributed by atoms with Crippen molar-refractivity contribution in [1.29, 1.82) is 0 Å². The summed E-state index contributed by atoms with van der Waals surface area (Å²) in [5.41, 5.74) is 0.873. The van der Waals surface area contributed by atoms with Crippen LogP contribution in [0.4, 0.5) is 0 Å². The van der Waals surface area contributed by atoms with Crippen molar-refractivity contribution in [1.82, 2.24) is 4.90 Å². The normalized spacial score (nSPS) is 14.1. The molecular formula is C11H10N2O3. The number of nitroso groups, excluding NO2 is 1. The Hall–Kier alpha value is -2.04. The summed E-state index contributed by atoms with van der Waals surface area (Å²) in [6, 6.07) is 6.71. The maximum Gasteiger partial charge on any atom is 0.261 e. The van der Waals surface area contributed by atoms with Crippen LogP contribution in [0.15, 0.2) is 29.4 Å². The van der Waals surface area contributed by atoms with Gasteiger partial charge in [-0.1, -0.05) is 17.3 Å². The summed E-state index contributed by atoms with van der Waals surface area (Å²) in [4.78, 5) is 34.7. The quantitative estimate of drug-likeness (QED) is 0.436. The zero-order chi connectivity index (χ0) is 11.5. The van der Waals surface area contributed by atoms with Crippen molar-refractivity contribution in [3.05, 3.63) is 40.3 Å². The van der Waals surface area contributed by atoms with Gasteiger partial charge >= 0.3 is 0 Å². The molecule has 5 heteroatoms. The first-order valence-electron chi connectivity index (χ1n) is 5.00. The highest BCUT2D eigenvalue weighted by molar-refractivity contribution is 6.21. The summed E-state index contributed by atoms with van der Waals surface area (Å²) in [5, 5.41) is 2.70. The van der Waals surface area contributed by atoms with E-state index >= 15 is 0 Å². The third-order valence-electron chi connectivity index (χ3n) is 2.51. The van der Waals surface area contributed by atoms with E-state index in [9.17, 15) is 14.5 Å². The number of carbonyl (C=O) groups excluding carboxylic acids is 2. The maximum atomic E-state index is 11.8. The van der Waals surface area contributed by atoms with Crippen LogP contribution < -0.4 is 0 Å². The van der Waals surface area contributed by atoms with E-state index in [1.54, 1.807) is 24.3 Å². The van der Waals surface area contributed by atoms with Gasteiger partial charge in [-0.25, -0.2) is 0 Å². The van der Waals surface area contributed by atoms with E-state index in [2.05, 4.69) is 5.18 Å². The average Bonchev–Trinajstić information content (AvgIpc) is 2.55. The van der Waals surface area contributed by atoms with Gasteiger partial charge in [-0.2, -0.15) is 4.91 Å². The van der Waals surface area contributed by atoms with E-state index < -0.39 is 0 Å². The first-order chi connectivity index (χ1) is 7.75. The van der Waals surface area contributed by atoms with Gasteiger partial charge in [0.25, 0.3) is 11.8 Å². The van der Waals surface area contributed by atoms with Crippen molar-refractivity contribution in [3.63, 3.8) is 0 Å². The van der Waals surface area contributed by atoms with Crippen molar-refractivity contribution >= 4 is 11.8 Å². The van der Waals surface area contributed by atoms with Crippen LogP contribution in [-0.4, -0.2) is 29.8 Å². The summed E-state index contributed by atoms with van der Waals surface area (Å²) in [6.07, 6.45) is 0.412. The van der Waals surface area contributed by atoms with Crippen LogP contribution >= 0.6 is 0 Å². The number of hydrogen-bond acceptors (Lipinski definition) is 4. The van der Waals surface area contributed by atoms with Crippen LogP contribution in [0.2, 0.25) is 0 Å². The standard InChI is InChI=1S/C11H10N2O3/c14-10-8-4-1-2-5-9(8)11(15)13(10)7-3-6-12-16/h1-2,4-5H,3,6-7H2. The van der Waals surface area contributed by atoms with E-state index in [1.165, 1.54) is 0 Å². The second kappa shape index (κ2) is 4.22. The zero-order valence-corrected chi connectivity index (χ0v) is 8.55. The highest BCUT2D eigenvalue weighted by Gasteiger charge is 2.34. The van der Waals surface area contributed by atoms with Gasteiger partial charge in [0.05, 0.1) is 17.7 Å². The molecule has 0 saturated carbocycles. The van der Waals surface area contributed by atoms with E-state index in [0.717, 1.165) is 4.90 Å². The Morgan fingerprint density at radius 1 is 1.06 bits per heavy atom. The lowest BCUT2D eigenvalue weighted by molar-refractivity contribution is 0.0653. The van der Waals surface area contributed by atoms with Gasteiger partial charge in [0, 0.05) is 6.54 Å². The molecule has 0 unspecified atom stereocenters. The molecular weight excluding hydrogens is 208 g/mol. The zero-order valence-electron chi connectivity index (χ0n) is 8.55. The minimum atomic E-state index is -0.286. The molecule has 2 rings (SSSR count). The number of amides is 2. The van der Waals surface area contributed by atoms with Crippen molar-refractivity contribution in [2.24, 2.45) is 5.18 Å². The first-order valence-corrected chi connectivity index (χ1v) is 5.00. The second-order valence-electron chi connectivity index (χ2n) is 3.51. The van der Waals surface area contributed by atoms with Gasteiger partial charge in [0.1, 0.15) is 0 Å². The Morgan fingerprint density at radius 3 is 2.12 bits per heavy atom. The topological polar surface area (TPSA) is 66.8 Å². The number of carbonyl (C=O) groups is 2. The molecule has 0 fully saturated rings. The highest BCUT2D eigenvalue weighted by atomic mass is 16.3. The Labute approximate surface area is 92.0 Å². The lowest BCUT2D eigenvalue weighted by Gasteiger charge is -2.11. The highest BCUT2D eigenvalue weighted by Crippen LogP contribution is 2.22. The smallest absolute Gasteiger partial charge is 0.261 e. The molecule has 5 nitrogen and oxygen atoms in total. The van der Waals surface area contributed by atoms with Gasteiger partial charge in [-0.05, 0) is 18.6 Å². The van der Waals surface area contributed by atoms with Crippen molar-refractivity contribution < 1.29 is 9.59 Å². The van der Waals surface area contributed by atoms with E-state index in [1.807, 2.05) is 0 Å². The third-order valence-corrected chi connectivity index (χ3v) is 2.51. The lowest BCUT2D eigenvalue weighted by Crippen LogP contribution is -2.31. The van der Waals surface area contributed by atoms with E-state index in [4.69, 9.17) is 0 Å². The fourth-order valence-electron chi connectivity index (χ4n) is 1.74. The molecule has 0 spiro atoms. The molecule has 0 radical (unpaired) electrons. The fourth-order valence-corrected chi connectivity index (χ4v) is 1.74. The van der Waals surface area contributed by atoms with Crippen LogP contribution in [0.3, 0.4) is 0 Å². The van der Waals surface area contributed by atoms with Crippen molar-refractivity contribution in [3.8, 4) is 0 Å². The summed E-state index contributed by atoms with van der Waals surface area (Å²) >= 11 is 0. The lowest BCUT2D eigenvalue weighted by atomic mass is 10.1. The number of rotatable bonds is 4. The van der Waals surface area contributed by atoms with Gasteiger partial charge in [0.15, 0.2) is 0 Å². The number of nitrogens with zero attached hydrogens (tertiary/aromatic N) is 2. The Bertz CT molecular complexity index is 421. The summed E-state index contributed by atoms with van der Waals surface area (Å²) in [5.74, 6) is -0.571. The molecule has 1 heterocycles. The number of imide groups is 1. The second-order valence-corrected chi connectivity index (χ2v) is 3.51. The molecule has 0 N–H and O–H groups in total. The van der Waals surface area contributed by atoms with Crippen LogP contribution in [0, 0.1) is 4.91 Å². The average molecular weight is 218 g/mol. The third kappa shape index (κ3) is 1.60. The predicted octanol–water partition coefficient (Wildman–Crippen LogP) is 1.44. The summed E-state index contributed by atoms with van der Waals surface area (Å²) < 4.78 is 0. The van der Waals surface area contributed by atoms with Crippen molar-refractivity contribution in [2.75, 3.05) is 13.1 Å². The monoisotopic (exact) mass is 218 g/mol. The van der Waals surface area contributed by atoms with Crippen LogP contribution in [0.5, 0.6) is 0 Å². The number of benzene rings is 1. The molecule has 82 valence electrons. The molecule has 1 aromatic rings. The van der Waals surface area contributed by atoms with Gasteiger partial charge in [-0.3, -0.25) is 14.5 Å². The molecule has 0 aliphatic carbocycles. The molecule has 1 aromatic carbocycles. The molecule has 0 bridgehead atoms. The van der Waals surface area contributed by atoms with E-state index in [0.29, 0.717) is 17.5 Å². The molecule has 0 saturated heterocycles. The van der Waals surface area contributed by atoms with Gasteiger partial charge in [-0.15, -0.1) is 0 Å². The molecule has 1 aliphatic rings. The Kier molecular flexibility index (Phi) is 2.76. The molecule has 2 amide bonds. The molecule has 16 heavy (non-hydrogen) atoms. The summed E-state index contributed by atoms with van der Waals surface area (Å²) in [6.45, 7) is 0.367. The first kappa shape index (κ1) is 10.5. The molecule has 0 atom stereocenters. The largest absolute Gasteiger partial charge is 0.274 e. The van der Waals surface area contributed by atoms with Gasteiger partial charge in [0.2, 0.25) is 0 Å². The van der Waals surface area contributed by atoms with Crippen LogP contribution in [-0.2, 0) is 0 Å². The van der Waals surface area contributed by atoms with Crippen molar-refractivity contribution in [2.45, 2.75) is 6.42 Å². The Morgan fingerprint density at radius 2 is 1.62 bits per heavy atom. The Balaban J connectivity index is 2.18. The van der Waals surface area contributed by atoms with Crippen LogP contribution in [0.1, 0.15) is 27.1 Å². The van der Waals surface area contributed by atoms with Crippen LogP contribution in [0.25, 0.3) is 0 Å². The maximum absolute atomic E-state index is 11.8. The fraction of sp³-hybridized carbons (Fsp3) is 0.273. The SMILES string of the molecule is O=NCCCN1C(=O)c2ccccc2C1=O. The number of fused-ring (bicyclic) bond motifs is 1. The molecule has 1 aliphatic heterocycles. The minimum Gasteiger partial charge on any atom is -0.274 e. The summed E-state index contributed by atoms with van der Waals surface area (Å²) in [7, 11) is 0.